The molecule has 2 rings (SSSR count). The van der Waals surface area contributed by atoms with Crippen LogP contribution in [0.2, 0.25) is 0 Å². The molecule has 3 atom stereocenters. The molecule has 18 heavy (non-hydrogen) atoms. The molecule has 2 nitrogen and oxygen atoms in total. The van der Waals surface area contributed by atoms with Crippen LogP contribution in [0, 0.1) is 5.92 Å². The molecular formula is C15H23BrN2. The zero-order valence-electron chi connectivity index (χ0n) is 11.5. The van der Waals surface area contributed by atoms with Crippen molar-refractivity contribution in [1.82, 2.24) is 0 Å². The van der Waals surface area contributed by atoms with Gasteiger partial charge in [-0.25, -0.2) is 0 Å². The van der Waals surface area contributed by atoms with E-state index in [0.29, 0.717) is 6.04 Å². The van der Waals surface area contributed by atoms with Crippen LogP contribution in [-0.4, -0.2) is 12.6 Å². The Hall–Kier alpha value is -0.540. The third-order valence-corrected chi connectivity index (χ3v) is 4.82. The highest BCUT2D eigenvalue weighted by Crippen LogP contribution is 2.34. The van der Waals surface area contributed by atoms with Crippen LogP contribution in [0.1, 0.15) is 45.2 Å². The van der Waals surface area contributed by atoms with Gasteiger partial charge in [-0.1, -0.05) is 13.0 Å². The lowest BCUT2D eigenvalue weighted by Crippen LogP contribution is -2.42. The number of halogens is 1. The number of rotatable bonds is 2. The van der Waals surface area contributed by atoms with Gasteiger partial charge in [-0.2, -0.15) is 0 Å². The molecule has 1 aliphatic rings. The Balaban J connectivity index is 2.27. The summed E-state index contributed by atoms with van der Waals surface area (Å²) < 4.78 is 1.17. The number of benzene rings is 1. The minimum Gasteiger partial charge on any atom is -0.368 e. The average Bonchev–Trinajstić information content (AvgIpc) is 2.33. The number of piperidine rings is 1. The fourth-order valence-electron chi connectivity index (χ4n) is 2.71. The third-order valence-electron chi connectivity index (χ3n) is 4.18. The molecule has 1 heterocycles. The van der Waals surface area contributed by atoms with Crippen molar-refractivity contribution in [1.29, 1.82) is 0 Å². The molecule has 2 N–H and O–H groups in total. The molecule has 0 amide bonds. The number of anilines is 1. The second kappa shape index (κ2) is 5.62. The second-order valence-electron chi connectivity index (χ2n) is 5.55. The minimum absolute atomic E-state index is 0.0908. The molecule has 0 bridgehead atoms. The van der Waals surface area contributed by atoms with Gasteiger partial charge in [0.15, 0.2) is 0 Å². The standard InChI is InChI=1S/C15H23BrN2/c1-10-5-4-8-18(12(10)3)15-7-6-13(11(2)17)9-14(15)16/h6-7,9-12H,4-5,8,17H2,1-3H3/t10?,11-,12?/m0/s1. The second-order valence-corrected chi connectivity index (χ2v) is 6.41. The van der Waals surface area contributed by atoms with Gasteiger partial charge >= 0.3 is 0 Å². The van der Waals surface area contributed by atoms with E-state index >= 15 is 0 Å². The van der Waals surface area contributed by atoms with Crippen molar-refractivity contribution >= 4 is 21.6 Å². The third kappa shape index (κ3) is 2.72. The van der Waals surface area contributed by atoms with E-state index in [-0.39, 0.29) is 6.04 Å². The molecule has 0 aromatic heterocycles. The predicted octanol–water partition coefficient (Wildman–Crippen LogP) is 4.09. The van der Waals surface area contributed by atoms with Gasteiger partial charge in [-0.15, -0.1) is 0 Å². The number of nitrogens with two attached hydrogens (primary N) is 1. The van der Waals surface area contributed by atoms with Gasteiger partial charge in [0, 0.05) is 23.1 Å². The summed E-state index contributed by atoms with van der Waals surface area (Å²) in [5.74, 6) is 0.763. The van der Waals surface area contributed by atoms with Crippen LogP contribution in [0.5, 0.6) is 0 Å². The van der Waals surface area contributed by atoms with E-state index in [1.54, 1.807) is 0 Å². The van der Waals surface area contributed by atoms with Crippen molar-refractivity contribution in [2.75, 3.05) is 11.4 Å². The van der Waals surface area contributed by atoms with Crippen LogP contribution in [0.15, 0.2) is 22.7 Å². The van der Waals surface area contributed by atoms with E-state index in [0.717, 1.165) is 12.5 Å². The number of hydrogen-bond donors (Lipinski definition) is 1. The molecule has 0 saturated carbocycles. The van der Waals surface area contributed by atoms with Crippen LogP contribution >= 0.6 is 15.9 Å². The van der Waals surface area contributed by atoms with Crippen LogP contribution in [0.25, 0.3) is 0 Å². The Labute approximate surface area is 119 Å². The Morgan fingerprint density at radius 3 is 2.72 bits per heavy atom. The molecule has 3 heteroatoms. The topological polar surface area (TPSA) is 29.3 Å². The fraction of sp³-hybridized carbons (Fsp3) is 0.600. The van der Waals surface area contributed by atoms with Crippen molar-refractivity contribution in [3.05, 3.63) is 28.2 Å². The average molecular weight is 311 g/mol. The summed E-state index contributed by atoms with van der Waals surface area (Å²) in [5.41, 5.74) is 8.41. The largest absolute Gasteiger partial charge is 0.368 e. The maximum absolute atomic E-state index is 5.93. The summed E-state index contributed by atoms with van der Waals surface area (Å²) in [6.45, 7) is 7.85. The molecule has 1 aliphatic heterocycles. The van der Waals surface area contributed by atoms with Gasteiger partial charge in [0.2, 0.25) is 0 Å². The maximum Gasteiger partial charge on any atom is 0.0513 e. The quantitative estimate of drug-likeness (QED) is 0.891. The maximum atomic E-state index is 5.93. The molecule has 100 valence electrons. The molecule has 2 unspecified atom stereocenters. The highest BCUT2D eigenvalue weighted by Gasteiger charge is 2.26. The van der Waals surface area contributed by atoms with Gasteiger partial charge in [-0.3, -0.25) is 0 Å². The fourth-order valence-corrected chi connectivity index (χ4v) is 3.34. The van der Waals surface area contributed by atoms with Gasteiger partial charge in [0.25, 0.3) is 0 Å². The zero-order chi connectivity index (χ0) is 13.3. The lowest BCUT2D eigenvalue weighted by atomic mass is 9.91. The van der Waals surface area contributed by atoms with Crippen molar-refractivity contribution in [3.63, 3.8) is 0 Å². The molecule has 0 spiro atoms. The van der Waals surface area contributed by atoms with Crippen LogP contribution in [0.4, 0.5) is 5.69 Å². The lowest BCUT2D eigenvalue weighted by Gasteiger charge is -2.40. The Bertz CT molecular complexity index is 417. The number of hydrogen-bond acceptors (Lipinski definition) is 2. The Morgan fingerprint density at radius 2 is 2.11 bits per heavy atom. The van der Waals surface area contributed by atoms with Gasteiger partial charge in [0.05, 0.1) is 5.69 Å². The van der Waals surface area contributed by atoms with E-state index in [1.807, 2.05) is 6.92 Å². The first-order chi connectivity index (χ1) is 8.50. The van der Waals surface area contributed by atoms with Crippen LogP contribution in [0.3, 0.4) is 0 Å². The van der Waals surface area contributed by atoms with Crippen molar-refractivity contribution in [2.45, 2.75) is 45.7 Å². The van der Waals surface area contributed by atoms with Crippen molar-refractivity contribution in [2.24, 2.45) is 11.7 Å². The summed E-state index contributed by atoms with van der Waals surface area (Å²) in [4.78, 5) is 2.52. The molecule has 1 aromatic rings. The summed E-state index contributed by atoms with van der Waals surface area (Å²) in [7, 11) is 0. The monoisotopic (exact) mass is 310 g/mol. The van der Waals surface area contributed by atoms with E-state index in [9.17, 15) is 0 Å². The molecule has 1 aromatic carbocycles. The predicted molar refractivity (Wildman–Crippen MR) is 82.0 cm³/mol. The van der Waals surface area contributed by atoms with Gasteiger partial charge < -0.3 is 10.6 Å². The highest BCUT2D eigenvalue weighted by atomic mass is 79.9. The minimum atomic E-state index is 0.0908. The summed E-state index contributed by atoms with van der Waals surface area (Å²) >= 11 is 3.70. The van der Waals surface area contributed by atoms with E-state index in [2.05, 4.69) is 52.9 Å². The van der Waals surface area contributed by atoms with E-state index in [4.69, 9.17) is 5.73 Å². The van der Waals surface area contributed by atoms with E-state index < -0.39 is 0 Å². The zero-order valence-corrected chi connectivity index (χ0v) is 13.1. The van der Waals surface area contributed by atoms with Crippen LogP contribution < -0.4 is 10.6 Å². The first-order valence-electron chi connectivity index (χ1n) is 6.82. The smallest absolute Gasteiger partial charge is 0.0513 e. The summed E-state index contributed by atoms with van der Waals surface area (Å²) in [6.07, 6.45) is 2.63. The summed E-state index contributed by atoms with van der Waals surface area (Å²) in [6, 6.07) is 7.21. The molecule has 1 fully saturated rings. The first kappa shape index (κ1) is 13.9. The SMILES string of the molecule is CC1CCCN(c2ccc([C@H](C)N)cc2Br)C1C. The molecule has 0 radical (unpaired) electrons. The summed E-state index contributed by atoms with van der Waals surface area (Å²) in [5, 5.41) is 0. The lowest BCUT2D eigenvalue weighted by molar-refractivity contribution is 0.363. The Kier molecular flexibility index (Phi) is 4.33. The highest BCUT2D eigenvalue weighted by molar-refractivity contribution is 9.10. The van der Waals surface area contributed by atoms with Crippen molar-refractivity contribution < 1.29 is 0 Å². The first-order valence-corrected chi connectivity index (χ1v) is 7.61. The normalized spacial score (nSPS) is 26.2. The molecular weight excluding hydrogens is 288 g/mol. The van der Waals surface area contributed by atoms with Gasteiger partial charge in [-0.05, 0) is 66.2 Å². The molecule has 0 aliphatic carbocycles. The van der Waals surface area contributed by atoms with Crippen molar-refractivity contribution in [3.8, 4) is 0 Å². The number of nitrogens with zero attached hydrogens (tertiary/aromatic N) is 1. The van der Waals surface area contributed by atoms with Crippen LogP contribution in [-0.2, 0) is 0 Å². The molecule has 1 saturated heterocycles. The Morgan fingerprint density at radius 1 is 1.39 bits per heavy atom. The van der Waals surface area contributed by atoms with E-state index in [1.165, 1.54) is 28.6 Å². The van der Waals surface area contributed by atoms with Gasteiger partial charge in [0.1, 0.15) is 0 Å².